The largest absolute Gasteiger partial charge is 0.370 e. The summed E-state index contributed by atoms with van der Waals surface area (Å²) in [6, 6.07) is 12.9. The Hall–Kier alpha value is -3.99. The monoisotopic (exact) mass is 441 g/mol. The van der Waals surface area contributed by atoms with Crippen LogP contribution in [-0.4, -0.2) is 41.3 Å². The number of benzene rings is 2. The van der Waals surface area contributed by atoms with Crippen LogP contribution >= 0.6 is 0 Å². The Labute approximate surface area is 185 Å². The van der Waals surface area contributed by atoms with Gasteiger partial charge in [0, 0.05) is 24.4 Å². The van der Waals surface area contributed by atoms with Crippen molar-refractivity contribution >= 4 is 29.1 Å². The van der Waals surface area contributed by atoms with Crippen LogP contribution in [0.5, 0.6) is 0 Å². The van der Waals surface area contributed by atoms with Gasteiger partial charge in [0.2, 0.25) is 11.8 Å². The van der Waals surface area contributed by atoms with Crippen molar-refractivity contribution in [3.63, 3.8) is 0 Å². The fourth-order valence-electron chi connectivity index (χ4n) is 2.91. The molecule has 0 aliphatic carbocycles. The summed E-state index contributed by atoms with van der Waals surface area (Å²) in [5.41, 5.74) is 17.8. The van der Waals surface area contributed by atoms with Crippen molar-refractivity contribution in [3.05, 3.63) is 70.3 Å². The number of nitrogens with one attached hydrogen (secondary N) is 2. The number of non-ortho nitro benzene ring substituents is 1. The van der Waals surface area contributed by atoms with Crippen LogP contribution in [-0.2, 0) is 16.0 Å². The number of amides is 2. The summed E-state index contributed by atoms with van der Waals surface area (Å²) in [7, 11) is 0. The van der Waals surface area contributed by atoms with Crippen LogP contribution in [0.25, 0.3) is 0 Å². The minimum atomic E-state index is -0.895. The molecule has 0 aliphatic rings. The molecule has 0 saturated carbocycles. The van der Waals surface area contributed by atoms with Crippen molar-refractivity contribution in [2.45, 2.75) is 31.3 Å². The molecule has 11 nitrogen and oxygen atoms in total. The quantitative estimate of drug-likeness (QED) is 0.111. The molecule has 0 fully saturated rings. The molecule has 0 saturated heterocycles. The van der Waals surface area contributed by atoms with Gasteiger partial charge < -0.3 is 27.8 Å². The first-order valence-electron chi connectivity index (χ1n) is 9.97. The smallest absolute Gasteiger partial charge is 0.269 e. The Morgan fingerprint density at radius 1 is 1.03 bits per heavy atom. The molecule has 170 valence electrons. The molecule has 0 aliphatic heterocycles. The van der Waals surface area contributed by atoms with E-state index in [4.69, 9.17) is 17.2 Å². The molecule has 0 unspecified atom stereocenters. The molecule has 0 bridgehead atoms. The third kappa shape index (κ3) is 8.03. The Morgan fingerprint density at radius 2 is 1.69 bits per heavy atom. The van der Waals surface area contributed by atoms with E-state index >= 15 is 0 Å². The number of nitro benzene ring substituents is 1. The van der Waals surface area contributed by atoms with E-state index in [-0.39, 0.29) is 24.6 Å². The number of guanidine groups is 1. The van der Waals surface area contributed by atoms with E-state index in [1.807, 2.05) is 30.3 Å². The van der Waals surface area contributed by atoms with E-state index in [9.17, 15) is 19.7 Å². The molecule has 0 spiro atoms. The maximum Gasteiger partial charge on any atom is 0.269 e. The fourth-order valence-corrected chi connectivity index (χ4v) is 2.91. The van der Waals surface area contributed by atoms with Gasteiger partial charge in [-0.25, -0.2) is 0 Å². The van der Waals surface area contributed by atoms with Gasteiger partial charge in [0.05, 0.1) is 11.0 Å². The highest BCUT2D eigenvalue weighted by molar-refractivity contribution is 5.97. The lowest BCUT2D eigenvalue weighted by molar-refractivity contribution is -0.384. The molecule has 2 aromatic rings. The molecule has 2 atom stereocenters. The molecule has 2 aromatic carbocycles. The zero-order valence-corrected chi connectivity index (χ0v) is 17.4. The normalized spacial score (nSPS) is 12.3. The number of nitrogens with two attached hydrogens (primary N) is 3. The lowest BCUT2D eigenvalue weighted by atomic mass is 10.0. The minimum Gasteiger partial charge on any atom is -0.370 e. The van der Waals surface area contributed by atoms with Gasteiger partial charge in [0.1, 0.15) is 6.04 Å². The first-order valence-corrected chi connectivity index (χ1v) is 9.97. The predicted molar refractivity (Wildman–Crippen MR) is 122 cm³/mol. The van der Waals surface area contributed by atoms with Crippen LogP contribution in [0.15, 0.2) is 59.6 Å². The molecule has 11 heteroatoms. The standard InChI is InChI=1S/C21H27N7O4/c22-17(13-14-5-2-1-3-6-14)19(29)27-18(7-4-12-25-21(23)24)20(30)26-15-8-10-16(11-9-15)28(31)32/h1-3,5-6,8-11,17-18H,4,7,12-13,22H2,(H,26,30)(H,27,29)(H4,23,24,25)/t17-,18+/m1/s1. The number of aliphatic imine (C=N–C) groups is 1. The minimum absolute atomic E-state index is 0.0641. The van der Waals surface area contributed by atoms with Crippen LogP contribution < -0.4 is 27.8 Å². The van der Waals surface area contributed by atoms with Crippen LogP contribution in [0.3, 0.4) is 0 Å². The molecular weight excluding hydrogens is 414 g/mol. The molecule has 0 radical (unpaired) electrons. The highest BCUT2D eigenvalue weighted by atomic mass is 16.6. The van der Waals surface area contributed by atoms with E-state index in [0.29, 0.717) is 18.5 Å². The van der Waals surface area contributed by atoms with Crippen molar-refractivity contribution < 1.29 is 14.5 Å². The number of anilines is 1. The second kappa shape index (κ2) is 12.0. The molecule has 0 heterocycles. The lowest BCUT2D eigenvalue weighted by Crippen LogP contribution is -2.50. The Balaban J connectivity index is 2.04. The van der Waals surface area contributed by atoms with E-state index in [1.165, 1.54) is 24.3 Å². The van der Waals surface area contributed by atoms with Crippen molar-refractivity contribution in [3.8, 4) is 0 Å². The summed E-state index contributed by atoms with van der Waals surface area (Å²) in [5, 5.41) is 16.1. The van der Waals surface area contributed by atoms with Gasteiger partial charge in [-0.05, 0) is 37.0 Å². The number of rotatable bonds is 11. The summed E-state index contributed by atoms with van der Waals surface area (Å²) in [6.07, 6.45) is 1.02. The SMILES string of the molecule is NC(N)=NCCC[C@H](NC(=O)[C@H](N)Cc1ccccc1)C(=O)Nc1ccc([N+](=O)[O-])cc1. The van der Waals surface area contributed by atoms with E-state index in [2.05, 4.69) is 15.6 Å². The topological polar surface area (TPSA) is 192 Å². The zero-order valence-electron chi connectivity index (χ0n) is 17.4. The van der Waals surface area contributed by atoms with Crippen LogP contribution in [0.4, 0.5) is 11.4 Å². The second-order valence-corrected chi connectivity index (χ2v) is 7.10. The van der Waals surface area contributed by atoms with Crippen LogP contribution in [0.2, 0.25) is 0 Å². The van der Waals surface area contributed by atoms with Gasteiger partial charge in [-0.1, -0.05) is 30.3 Å². The van der Waals surface area contributed by atoms with Crippen LogP contribution in [0.1, 0.15) is 18.4 Å². The van der Waals surface area contributed by atoms with Gasteiger partial charge in [0.15, 0.2) is 5.96 Å². The first-order chi connectivity index (χ1) is 15.3. The second-order valence-electron chi connectivity index (χ2n) is 7.10. The summed E-state index contributed by atoms with van der Waals surface area (Å²) >= 11 is 0. The summed E-state index contributed by atoms with van der Waals surface area (Å²) in [4.78, 5) is 39.5. The number of hydrogen-bond acceptors (Lipinski definition) is 6. The molecular formula is C21H27N7O4. The maximum atomic E-state index is 12.8. The highest BCUT2D eigenvalue weighted by Crippen LogP contribution is 2.16. The van der Waals surface area contributed by atoms with Gasteiger partial charge in [-0.3, -0.25) is 24.7 Å². The number of hydrogen-bond donors (Lipinski definition) is 5. The summed E-state index contributed by atoms with van der Waals surface area (Å²) in [6.45, 7) is 0.287. The number of carbonyl (C=O) groups is 2. The Bertz CT molecular complexity index is 944. The first kappa shape index (κ1) is 24.3. The zero-order chi connectivity index (χ0) is 23.5. The Morgan fingerprint density at radius 3 is 2.28 bits per heavy atom. The predicted octanol–water partition coefficient (Wildman–Crippen LogP) is 0.642. The fraction of sp³-hybridized carbons (Fsp3) is 0.286. The van der Waals surface area contributed by atoms with Crippen molar-refractivity contribution in [2.24, 2.45) is 22.2 Å². The molecule has 8 N–H and O–H groups in total. The maximum absolute atomic E-state index is 12.8. The van der Waals surface area contributed by atoms with Crippen molar-refractivity contribution in [1.29, 1.82) is 0 Å². The van der Waals surface area contributed by atoms with Gasteiger partial charge >= 0.3 is 0 Å². The number of carbonyl (C=O) groups excluding carboxylic acids is 2. The Kier molecular flexibility index (Phi) is 9.11. The molecule has 2 amide bonds. The van der Waals surface area contributed by atoms with Crippen molar-refractivity contribution in [1.82, 2.24) is 5.32 Å². The highest BCUT2D eigenvalue weighted by Gasteiger charge is 2.24. The van der Waals surface area contributed by atoms with E-state index in [1.54, 1.807) is 0 Å². The molecule has 0 aromatic heterocycles. The third-order valence-electron chi connectivity index (χ3n) is 4.56. The van der Waals surface area contributed by atoms with E-state index in [0.717, 1.165) is 5.56 Å². The average Bonchev–Trinajstić information content (AvgIpc) is 2.76. The van der Waals surface area contributed by atoms with Gasteiger partial charge in [-0.15, -0.1) is 0 Å². The molecule has 2 rings (SSSR count). The molecule has 32 heavy (non-hydrogen) atoms. The summed E-state index contributed by atoms with van der Waals surface area (Å²) < 4.78 is 0. The van der Waals surface area contributed by atoms with Crippen molar-refractivity contribution in [2.75, 3.05) is 11.9 Å². The average molecular weight is 441 g/mol. The van der Waals surface area contributed by atoms with Gasteiger partial charge in [0.25, 0.3) is 5.69 Å². The van der Waals surface area contributed by atoms with E-state index < -0.39 is 28.8 Å². The number of nitrogens with zero attached hydrogens (tertiary/aromatic N) is 2. The lowest BCUT2D eigenvalue weighted by Gasteiger charge is -2.20. The number of nitro groups is 1. The third-order valence-corrected chi connectivity index (χ3v) is 4.56. The van der Waals surface area contributed by atoms with Gasteiger partial charge in [-0.2, -0.15) is 0 Å². The van der Waals surface area contributed by atoms with Crippen LogP contribution in [0, 0.1) is 10.1 Å². The summed E-state index contributed by atoms with van der Waals surface area (Å²) in [5.74, 6) is -1.02.